The van der Waals surface area contributed by atoms with E-state index in [9.17, 15) is 13.2 Å². The summed E-state index contributed by atoms with van der Waals surface area (Å²) in [6.07, 6.45) is 0. The molecular formula is C10H20O4S. The Morgan fingerprint density at radius 2 is 1.53 bits per heavy atom. The van der Waals surface area contributed by atoms with Gasteiger partial charge in [-0.3, -0.25) is 4.79 Å². The summed E-state index contributed by atoms with van der Waals surface area (Å²) in [5.74, 6) is -0.632. The summed E-state index contributed by atoms with van der Waals surface area (Å²) in [6.45, 7) is 9.35. The number of rotatable bonds is 3. The molecule has 0 aliphatic carbocycles. The molecule has 0 heterocycles. The maximum Gasteiger partial charge on any atom is 0.303 e. The van der Waals surface area contributed by atoms with E-state index in [1.165, 1.54) is 6.92 Å². The fourth-order valence-corrected chi connectivity index (χ4v) is 2.50. The Kier molecular flexibility index (Phi) is 3.96. The third-order valence-corrected chi connectivity index (χ3v) is 4.83. The van der Waals surface area contributed by atoms with Gasteiger partial charge in [0.15, 0.2) is 9.84 Å². The van der Waals surface area contributed by atoms with Crippen molar-refractivity contribution in [3.05, 3.63) is 0 Å². The Labute approximate surface area is 91.9 Å². The molecule has 15 heavy (non-hydrogen) atoms. The van der Waals surface area contributed by atoms with Gasteiger partial charge in [0.05, 0.1) is 10.5 Å². The third kappa shape index (κ3) is 4.64. The van der Waals surface area contributed by atoms with Gasteiger partial charge < -0.3 is 4.74 Å². The normalized spacial score (nSPS) is 13.7. The first kappa shape index (κ1) is 14.4. The fourth-order valence-electron chi connectivity index (χ4n) is 1.09. The molecule has 0 aromatic carbocycles. The largest absolute Gasteiger partial charge is 0.459 e. The molecule has 0 N–H and O–H groups in total. The Balaban J connectivity index is 4.82. The molecule has 0 unspecified atom stereocenters. The van der Waals surface area contributed by atoms with Crippen LogP contribution in [0.15, 0.2) is 0 Å². The zero-order chi connectivity index (χ0) is 12.5. The SMILES string of the molecule is CC(=O)OC(C)(C)CS(=O)(=O)C(C)(C)C. The number of esters is 1. The number of hydrogen-bond acceptors (Lipinski definition) is 4. The van der Waals surface area contributed by atoms with Gasteiger partial charge in [-0.2, -0.15) is 0 Å². The van der Waals surface area contributed by atoms with Gasteiger partial charge in [-0.15, -0.1) is 0 Å². The van der Waals surface area contributed by atoms with Crippen molar-refractivity contribution in [2.24, 2.45) is 0 Å². The first-order chi connectivity index (χ1) is 6.37. The number of carbonyl (C=O) groups excluding carboxylic acids is 1. The molecule has 0 saturated heterocycles. The smallest absolute Gasteiger partial charge is 0.303 e. The number of ether oxygens (including phenoxy) is 1. The third-order valence-electron chi connectivity index (χ3n) is 1.89. The van der Waals surface area contributed by atoms with Crippen LogP contribution < -0.4 is 0 Å². The van der Waals surface area contributed by atoms with Gasteiger partial charge in [0.25, 0.3) is 0 Å². The molecule has 0 atom stereocenters. The highest BCUT2D eigenvalue weighted by Gasteiger charge is 2.36. The van der Waals surface area contributed by atoms with Crippen molar-refractivity contribution in [1.82, 2.24) is 0 Å². The minimum Gasteiger partial charge on any atom is -0.459 e. The second kappa shape index (κ2) is 4.12. The molecular weight excluding hydrogens is 216 g/mol. The van der Waals surface area contributed by atoms with Crippen molar-refractivity contribution < 1.29 is 17.9 Å². The van der Waals surface area contributed by atoms with Gasteiger partial charge in [-0.1, -0.05) is 0 Å². The van der Waals surface area contributed by atoms with Crippen molar-refractivity contribution in [1.29, 1.82) is 0 Å². The summed E-state index contributed by atoms with van der Waals surface area (Å²) in [4.78, 5) is 10.8. The molecule has 90 valence electrons. The van der Waals surface area contributed by atoms with Gasteiger partial charge in [0, 0.05) is 6.92 Å². The minimum atomic E-state index is -3.28. The molecule has 0 rings (SSSR count). The average molecular weight is 236 g/mol. The van der Waals surface area contributed by atoms with E-state index in [1.807, 2.05) is 0 Å². The predicted octanol–water partition coefficient (Wildman–Crippen LogP) is 1.54. The second-order valence-corrected chi connectivity index (χ2v) is 7.97. The van der Waals surface area contributed by atoms with Crippen molar-refractivity contribution in [2.45, 2.75) is 51.9 Å². The first-order valence-corrected chi connectivity index (χ1v) is 6.44. The van der Waals surface area contributed by atoms with Gasteiger partial charge in [0.1, 0.15) is 5.60 Å². The number of hydrogen-bond donors (Lipinski definition) is 0. The highest BCUT2D eigenvalue weighted by Crippen LogP contribution is 2.22. The van der Waals surface area contributed by atoms with E-state index >= 15 is 0 Å². The molecule has 0 aliphatic heterocycles. The summed E-state index contributed by atoms with van der Waals surface area (Å²) in [6, 6.07) is 0. The number of carbonyl (C=O) groups is 1. The van der Waals surface area contributed by atoms with Gasteiger partial charge >= 0.3 is 5.97 Å². The molecule has 0 aliphatic rings. The standard InChI is InChI=1S/C10H20O4S/c1-8(11)14-10(5,6)7-15(12,13)9(2,3)4/h7H2,1-6H3. The van der Waals surface area contributed by atoms with E-state index < -0.39 is 26.2 Å². The molecule has 0 fully saturated rings. The van der Waals surface area contributed by atoms with Gasteiger partial charge in [-0.05, 0) is 34.6 Å². The summed E-state index contributed by atoms with van der Waals surface area (Å²) < 4.78 is 27.8. The Morgan fingerprint density at radius 3 is 1.80 bits per heavy atom. The van der Waals surface area contributed by atoms with E-state index in [4.69, 9.17) is 4.74 Å². The lowest BCUT2D eigenvalue weighted by Gasteiger charge is -2.28. The molecule has 0 saturated carbocycles. The highest BCUT2D eigenvalue weighted by atomic mass is 32.2. The maximum absolute atomic E-state index is 11.9. The first-order valence-electron chi connectivity index (χ1n) is 4.79. The topological polar surface area (TPSA) is 60.4 Å². The van der Waals surface area contributed by atoms with Crippen molar-refractivity contribution >= 4 is 15.8 Å². The summed E-state index contributed by atoms with van der Waals surface area (Å²) in [5.41, 5.74) is -0.974. The van der Waals surface area contributed by atoms with Crippen molar-refractivity contribution in [2.75, 3.05) is 5.75 Å². The molecule has 0 radical (unpaired) electrons. The van der Waals surface area contributed by atoms with E-state index in [2.05, 4.69) is 0 Å². The van der Waals surface area contributed by atoms with E-state index in [0.29, 0.717) is 0 Å². The lowest BCUT2D eigenvalue weighted by Crippen LogP contribution is -2.42. The Bertz CT molecular complexity index is 333. The number of sulfone groups is 1. The lowest BCUT2D eigenvalue weighted by atomic mass is 10.2. The van der Waals surface area contributed by atoms with Crippen LogP contribution in [0.3, 0.4) is 0 Å². The van der Waals surface area contributed by atoms with Crippen LogP contribution in [-0.2, 0) is 19.4 Å². The highest BCUT2D eigenvalue weighted by molar-refractivity contribution is 7.92. The molecule has 0 amide bonds. The monoisotopic (exact) mass is 236 g/mol. The van der Waals surface area contributed by atoms with Crippen LogP contribution in [0.4, 0.5) is 0 Å². The van der Waals surface area contributed by atoms with Crippen molar-refractivity contribution in [3.8, 4) is 0 Å². The van der Waals surface area contributed by atoms with Crippen LogP contribution >= 0.6 is 0 Å². The maximum atomic E-state index is 11.9. The fraction of sp³-hybridized carbons (Fsp3) is 0.900. The molecule has 0 bridgehead atoms. The van der Waals surface area contributed by atoms with E-state index in [-0.39, 0.29) is 5.75 Å². The lowest BCUT2D eigenvalue weighted by molar-refractivity contribution is -0.151. The summed E-state index contributed by atoms with van der Waals surface area (Å²) in [5, 5.41) is 0. The Morgan fingerprint density at radius 1 is 1.13 bits per heavy atom. The summed E-state index contributed by atoms with van der Waals surface area (Å²) >= 11 is 0. The molecule has 0 aromatic heterocycles. The van der Waals surface area contributed by atoms with Crippen LogP contribution in [0.2, 0.25) is 0 Å². The van der Waals surface area contributed by atoms with Crippen LogP contribution in [-0.4, -0.2) is 30.5 Å². The van der Waals surface area contributed by atoms with Crippen LogP contribution in [0.25, 0.3) is 0 Å². The zero-order valence-corrected chi connectivity index (χ0v) is 11.1. The van der Waals surface area contributed by atoms with E-state index in [1.54, 1.807) is 34.6 Å². The van der Waals surface area contributed by atoms with Crippen LogP contribution in [0.1, 0.15) is 41.5 Å². The second-order valence-electron chi connectivity index (χ2n) is 5.22. The van der Waals surface area contributed by atoms with Gasteiger partial charge in [-0.25, -0.2) is 8.42 Å². The average Bonchev–Trinajstić information content (AvgIpc) is 1.75. The Hall–Kier alpha value is -0.580. The van der Waals surface area contributed by atoms with Crippen LogP contribution in [0, 0.1) is 0 Å². The molecule has 5 heteroatoms. The zero-order valence-electron chi connectivity index (χ0n) is 10.2. The predicted molar refractivity (Wildman–Crippen MR) is 59.4 cm³/mol. The molecule has 0 aromatic rings. The molecule has 4 nitrogen and oxygen atoms in total. The molecule has 0 spiro atoms. The summed E-state index contributed by atoms with van der Waals surface area (Å²) in [7, 11) is -3.28. The minimum absolute atomic E-state index is 0.164. The van der Waals surface area contributed by atoms with E-state index in [0.717, 1.165) is 0 Å². The van der Waals surface area contributed by atoms with Crippen molar-refractivity contribution in [3.63, 3.8) is 0 Å². The quantitative estimate of drug-likeness (QED) is 0.697. The van der Waals surface area contributed by atoms with Crippen LogP contribution in [0.5, 0.6) is 0 Å². The van der Waals surface area contributed by atoms with Gasteiger partial charge in [0.2, 0.25) is 0 Å².